The predicted molar refractivity (Wildman–Crippen MR) is 127 cm³/mol. The number of hydrogen-bond acceptors (Lipinski definition) is 4. The Labute approximate surface area is 196 Å². The van der Waals surface area contributed by atoms with Gasteiger partial charge in [-0.05, 0) is 61.4 Å². The largest absolute Gasteiger partial charge is 0.493 e. The first-order valence-electron chi connectivity index (χ1n) is 12.3. The third-order valence-corrected chi connectivity index (χ3v) is 7.04. The van der Waals surface area contributed by atoms with Crippen molar-refractivity contribution in [1.29, 1.82) is 0 Å². The van der Waals surface area contributed by atoms with E-state index in [0.29, 0.717) is 31.1 Å². The fourth-order valence-corrected chi connectivity index (χ4v) is 4.83. The lowest BCUT2D eigenvalue weighted by molar-refractivity contribution is -0.141. The number of carbonyl (C=O) groups excluding carboxylic acids is 2. The van der Waals surface area contributed by atoms with Crippen molar-refractivity contribution in [3.63, 3.8) is 0 Å². The summed E-state index contributed by atoms with van der Waals surface area (Å²) >= 11 is 0. The lowest BCUT2D eigenvalue weighted by Gasteiger charge is -2.42. The van der Waals surface area contributed by atoms with Gasteiger partial charge in [0.15, 0.2) is 0 Å². The summed E-state index contributed by atoms with van der Waals surface area (Å²) in [5.41, 5.74) is 1.87. The van der Waals surface area contributed by atoms with Crippen molar-refractivity contribution in [1.82, 2.24) is 14.7 Å². The summed E-state index contributed by atoms with van der Waals surface area (Å²) in [5, 5.41) is 0. The molecule has 3 aliphatic rings. The van der Waals surface area contributed by atoms with E-state index in [1.165, 1.54) is 18.4 Å². The summed E-state index contributed by atoms with van der Waals surface area (Å²) in [6.45, 7) is 5.06. The molecule has 3 fully saturated rings. The molecule has 2 amide bonds. The Morgan fingerprint density at radius 3 is 2.30 bits per heavy atom. The maximum Gasteiger partial charge on any atom is 0.253 e. The molecule has 0 radical (unpaired) electrons. The Morgan fingerprint density at radius 2 is 1.61 bits per heavy atom. The van der Waals surface area contributed by atoms with Crippen LogP contribution in [0.2, 0.25) is 0 Å². The van der Waals surface area contributed by atoms with Gasteiger partial charge < -0.3 is 14.5 Å². The number of nitrogens with zero attached hydrogens (tertiary/aromatic N) is 3. The highest BCUT2D eigenvalue weighted by atomic mass is 16.5. The topological polar surface area (TPSA) is 53.1 Å². The fraction of sp³-hybridized carbons (Fsp3) is 0.481. The van der Waals surface area contributed by atoms with Gasteiger partial charge in [0.1, 0.15) is 5.75 Å². The van der Waals surface area contributed by atoms with Crippen molar-refractivity contribution in [2.75, 3.05) is 39.3 Å². The minimum Gasteiger partial charge on any atom is -0.493 e. The van der Waals surface area contributed by atoms with E-state index in [1.54, 1.807) is 0 Å². The summed E-state index contributed by atoms with van der Waals surface area (Å²) in [4.78, 5) is 32.3. The second-order valence-electron chi connectivity index (χ2n) is 9.51. The number of amides is 2. The summed E-state index contributed by atoms with van der Waals surface area (Å²) < 4.78 is 5.78. The Bertz CT molecular complexity index is 950. The Morgan fingerprint density at radius 1 is 0.879 bits per heavy atom. The molecule has 1 atom stereocenters. The van der Waals surface area contributed by atoms with Gasteiger partial charge in [-0.1, -0.05) is 30.3 Å². The highest BCUT2D eigenvalue weighted by molar-refractivity contribution is 5.94. The molecule has 0 spiro atoms. The van der Waals surface area contributed by atoms with Gasteiger partial charge in [-0.3, -0.25) is 14.5 Å². The van der Waals surface area contributed by atoms with Gasteiger partial charge in [-0.15, -0.1) is 0 Å². The lowest BCUT2D eigenvalue weighted by atomic mass is 10.0. The lowest BCUT2D eigenvalue weighted by Crippen LogP contribution is -2.58. The van der Waals surface area contributed by atoms with Gasteiger partial charge in [0.05, 0.1) is 12.6 Å². The van der Waals surface area contributed by atoms with Crippen LogP contribution >= 0.6 is 0 Å². The molecule has 2 aromatic carbocycles. The van der Waals surface area contributed by atoms with Gasteiger partial charge >= 0.3 is 0 Å². The summed E-state index contributed by atoms with van der Waals surface area (Å²) in [5.74, 6) is 1.83. The maximum atomic E-state index is 13.2. The van der Waals surface area contributed by atoms with Crippen LogP contribution in [0.4, 0.5) is 0 Å². The Hall–Kier alpha value is -2.86. The highest BCUT2D eigenvalue weighted by Gasteiger charge is 2.35. The van der Waals surface area contributed by atoms with E-state index in [2.05, 4.69) is 17.0 Å². The van der Waals surface area contributed by atoms with Crippen molar-refractivity contribution in [3.05, 3.63) is 65.7 Å². The Balaban J connectivity index is 1.13. The minimum atomic E-state index is -0.0670. The van der Waals surface area contributed by atoms with Crippen LogP contribution in [0.1, 0.15) is 41.6 Å². The molecular formula is C27H33N3O3. The number of benzene rings is 2. The third kappa shape index (κ3) is 5.38. The van der Waals surface area contributed by atoms with E-state index >= 15 is 0 Å². The normalized spacial score (nSPS) is 21.8. The molecule has 0 unspecified atom stereocenters. The standard InChI is InChI=1S/C27H33N3O3/c31-26(23-10-12-24(13-11-23)33-20-22-8-9-22)29-17-15-28(16-18-29)25-7-4-14-30(27(25)32)19-21-5-2-1-3-6-21/h1-3,5-6,10-13,22,25H,4,7-9,14-20H2/t25-/m0/s1. The molecule has 174 valence electrons. The molecule has 1 aliphatic carbocycles. The van der Waals surface area contributed by atoms with E-state index in [4.69, 9.17) is 4.74 Å². The second-order valence-corrected chi connectivity index (χ2v) is 9.51. The van der Waals surface area contributed by atoms with Crippen LogP contribution in [0.5, 0.6) is 5.75 Å². The van der Waals surface area contributed by atoms with Crippen molar-refractivity contribution < 1.29 is 14.3 Å². The van der Waals surface area contributed by atoms with Crippen LogP contribution in [0.25, 0.3) is 0 Å². The van der Waals surface area contributed by atoms with Gasteiger partial charge in [0, 0.05) is 44.8 Å². The second kappa shape index (κ2) is 9.96. The van der Waals surface area contributed by atoms with Crippen molar-refractivity contribution >= 4 is 11.8 Å². The van der Waals surface area contributed by atoms with Crippen molar-refractivity contribution in [3.8, 4) is 5.75 Å². The van der Waals surface area contributed by atoms with Crippen LogP contribution in [-0.2, 0) is 11.3 Å². The first-order chi connectivity index (χ1) is 16.2. The number of ether oxygens (including phenoxy) is 1. The first-order valence-corrected chi connectivity index (χ1v) is 12.3. The van der Waals surface area contributed by atoms with E-state index in [0.717, 1.165) is 44.8 Å². The third-order valence-electron chi connectivity index (χ3n) is 7.04. The van der Waals surface area contributed by atoms with Gasteiger partial charge in [-0.25, -0.2) is 0 Å². The van der Waals surface area contributed by atoms with Crippen LogP contribution in [0.15, 0.2) is 54.6 Å². The SMILES string of the molecule is O=C(c1ccc(OCC2CC2)cc1)N1CCN([C@H]2CCCN(Cc3ccccc3)C2=O)CC1. The number of carbonyl (C=O) groups is 2. The molecule has 33 heavy (non-hydrogen) atoms. The monoisotopic (exact) mass is 447 g/mol. The molecule has 6 nitrogen and oxygen atoms in total. The number of hydrogen-bond donors (Lipinski definition) is 0. The van der Waals surface area contributed by atoms with Crippen LogP contribution in [0.3, 0.4) is 0 Å². The quantitative estimate of drug-likeness (QED) is 0.653. The maximum absolute atomic E-state index is 13.2. The van der Waals surface area contributed by atoms with E-state index < -0.39 is 0 Å². The van der Waals surface area contributed by atoms with Gasteiger partial charge in [0.2, 0.25) is 5.91 Å². The molecule has 2 aliphatic heterocycles. The zero-order valence-electron chi connectivity index (χ0n) is 19.2. The molecule has 2 heterocycles. The summed E-state index contributed by atoms with van der Waals surface area (Å²) in [6.07, 6.45) is 4.46. The number of rotatable bonds is 7. The first kappa shape index (κ1) is 22.0. The summed E-state index contributed by atoms with van der Waals surface area (Å²) in [6, 6.07) is 17.7. The zero-order valence-corrected chi connectivity index (χ0v) is 19.2. The molecule has 0 bridgehead atoms. The van der Waals surface area contributed by atoms with Crippen LogP contribution in [-0.4, -0.2) is 71.9 Å². The fourth-order valence-electron chi connectivity index (χ4n) is 4.83. The minimum absolute atomic E-state index is 0.0593. The molecule has 2 saturated heterocycles. The van der Waals surface area contributed by atoms with Crippen molar-refractivity contribution in [2.45, 2.75) is 38.3 Å². The average Bonchev–Trinajstić information content (AvgIpc) is 3.69. The molecule has 5 rings (SSSR count). The molecule has 1 saturated carbocycles. The van der Waals surface area contributed by atoms with E-state index in [-0.39, 0.29) is 17.9 Å². The average molecular weight is 448 g/mol. The smallest absolute Gasteiger partial charge is 0.253 e. The van der Waals surface area contributed by atoms with E-state index in [9.17, 15) is 9.59 Å². The van der Waals surface area contributed by atoms with Crippen LogP contribution in [0, 0.1) is 5.92 Å². The predicted octanol–water partition coefficient (Wildman–Crippen LogP) is 3.42. The number of piperidine rings is 1. The molecule has 2 aromatic rings. The summed E-state index contributed by atoms with van der Waals surface area (Å²) in [7, 11) is 0. The van der Waals surface area contributed by atoms with E-state index in [1.807, 2.05) is 52.3 Å². The number of piperazine rings is 1. The number of likely N-dealkylation sites (tertiary alicyclic amines) is 1. The highest BCUT2D eigenvalue weighted by Crippen LogP contribution is 2.29. The molecule has 0 N–H and O–H groups in total. The molecule has 0 aromatic heterocycles. The van der Waals surface area contributed by atoms with Crippen molar-refractivity contribution in [2.24, 2.45) is 5.92 Å². The Kier molecular flexibility index (Phi) is 6.63. The van der Waals surface area contributed by atoms with Gasteiger partial charge in [-0.2, -0.15) is 0 Å². The molecule has 6 heteroatoms. The van der Waals surface area contributed by atoms with Gasteiger partial charge in [0.25, 0.3) is 5.91 Å². The molecular weight excluding hydrogens is 414 g/mol. The zero-order chi connectivity index (χ0) is 22.6. The van der Waals surface area contributed by atoms with Crippen LogP contribution < -0.4 is 4.74 Å².